The van der Waals surface area contributed by atoms with E-state index in [1.807, 2.05) is 6.92 Å². The van der Waals surface area contributed by atoms with Gasteiger partial charge in [0.1, 0.15) is 5.71 Å². The van der Waals surface area contributed by atoms with Crippen molar-refractivity contribution in [1.82, 2.24) is 5.32 Å². The first kappa shape index (κ1) is 15.1. The van der Waals surface area contributed by atoms with Gasteiger partial charge in [-0.1, -0.05) is 12.7 Å². The lowest BCUT2D eigenvalue weighted by Gasteiger charge is -2.07. The van der Waals surface area contributed by atoms with Gasteiger partial charge in [0.15, 0.2) is 0 Å². The SMILES string of the molecule is C=C(C)N=C(CNC(=O)C(/C=C\C)=NC)OC. The van der Waals surface area contributed by atoms with Gasteiger partial charge in [0, 0.05) is 12.7 Å². The van der Waals surface area contributed by atoms with E-state index >= 15 is 0 Å². The third-order valence-corrected chi connectivity index (χ3v) is 1.75. The summed E-state index contributed by atoms with van der Waals surface area (Å²) in [5.74, 6) is 0.138. The zero-order valence-corrected chi connectivity index (χ0v) is 10.8. The molecule has 0 aromatic carbocycles. The van der Waals surface area contributed by atoms with Crippen LogP contribution in [-0.4, -0.2) is 38.2 Å². The molecule has 94 valence electrons. The molecular formula is C12H19N3O2. The molecule has 0 rings (SSSR count). The van der Waals surface area contributed by atoms with Gasteiger partial charge in [-0.3, -0.25) is 9.79 Å². The number of carbonyl (C=O) groups is 1. The van der Waals surface area contributed by atoms with E-state index in [4.69, 9.17) is 4.74 Å². The van der Waals surface area contributed by atoms with Crippen molar-refractivity contribution >= 4 is 17.5 Å². The molecule has 5 nitrogen and oxygen atoms in total. The molecular weight excluding hydrogens is 218 g/mol. The number of amides is 1. The Morgan fingerprint density at radius 1 is 1.53 bits per heavy atom. The number of methoxy groups -OCH3 is 1. The van der Waals surface area contributed by atoms with Gasteiger partial charge in [0.25, 0.3) is 5.91 Å². The number of nitrogens with one attached hydrogen (secondary N) is 1. The average Bonchev–Trinajstić information content (AvgIpc) is 2.30. The Kier molecular flexibility index (Phi) is 7.34. The van der Waals surface area contributed by atoms with Crippen LogP contribution in [0.4, 0.5) is 0 Å². The lowest BCUT2D eigenvalue weighted by Crippen LogP contribution is -2.34. The highest BCUT2D eigenvalue weighted by Crippen LogP contribution is 1.91. The van der Waals surface area contributed by atoms with Gasteiger partial charge in [0.2, 0.25) is 5.90 Å². The number of hydrogen-bond acceptors (Lipinski definition) is 4. The molecule has 5 heteroatoms. The van der Waals surface area contributed by atoms with Gasteiger partial charge in [-0.25, -0.2) is 4.99 Å². The van der Waals surface area contributed by atoms with Crippen molar-refractivity contribution in [2.75, 3.05) is 20.7 Å². The third kappa shape index (κ3) is 6.29. The van der Waals surface area contributed by atoms with E-state index in [0.717, 1.165) is 0 Å². The number of carbonyl (C=O) groups excluding carboxylic acids is 1. The van der Waals surface area contributed by atoms with Crippen LogP contribution in [0.2, 0.25) is 0 Å². The molecule has 0 spiro atoms. The van der Waals surface area contributed by atoms with Crippen LogP contribution in [0.25, 0.3) is 0 Å². The summed E-state index contributed by atoms with van der Waals surface area (Å²) < 4.78 is 5.00. The fraction of sp³-hybridized carbons (Fsp3) is 0.417. The molecule has 0 aliphatic rings. The minimum absolute atomic E-state index is 0.207. The first-order valence-electron chi connectivity index (χ1n) is 5.19. The van der Waals surface area contributed by atoms with Crippen LogP contribution in [0.1, 0.15) is 13.8 Å². The van der Waals surface area contributed by atoms with Gasteiger partial charge in [0.05, 0.1) is 13.7 Å². The van der Waals surface area contributed by atoms with Crippen molar-refractivity contribution in [2.24, 2.45) is 9.98 Å². The van der Waals surface area contributed by atoms with E-state index in [1.165, 1.54) is 7.11 Å². The topological polar surface area (TPSA) is 63.0 Å². The van der Waals surface area contributed by atoms with Crippen LogP contribution >= 0.6 is 0 Å². The van der Waals surface area contributed by atoms with Gasteiger partial charge >= 0.3 is 0 Å². The van der Waals surface area contributed by atoms with Crippen LogP contribution in [0.3, 0.4) is 0 Å². The smallest absolute Gasteiger partial charge is 0.269 e. The van der Waals surface area contributed by atoms with Gasteiger partial charge < -0.3 is 10.1 Å². The summed E-state index contributed by atoms with van der Waals surface area (Å²) >= 11 is 0. The zero-order valence-electron chi connectivity index (χ0n) is 10.8. The van der Waals surface area contributed by atoms with Crippen LogP contribution in [0.15, 0.2) is 34.4 Å². The standard InChI is InChI=1S/C12H19N3O2/c1-6-7-10(13-4)12(16)14-8-11(17-5)15-9(2)3/h6-7H,2,8H2,1,3-5H3,(H,14,16)/b7-6-,13-10?,15-11?. The van der Waals surface area contributed by atoms with Crippen LogP contribution in [0, 0.1) is 0 Å². The summed E-state index contributed by atoms with van der Waals surface area (Å²) in [6, 6.07) is 0. The number of allylic oxidation sites excluding steroid dienone is 2. The molecule has 0 aliphatic heterocycles. The van der Waals surface area contributed by atoms with E-state index in [2.05, 4.69) is 21.9 Å². The highest BCUT2D eigenvalue weighted by molar-refractivity contribution is 6.43. The largest absolute Gasteiger partial charge is 0.483 e. The maximum atomic E-state index is 11.6. The molecule has 0 heterocycles. The number of rotatable bonds is 5. The first-order valence-corrected chi connectivity index (χ1v) is 5.19. The molecule has 0 radical (unpaired) electrons. The Hall–Kier alpha value is -1.91. The van der Waals surface area contributed by atoms with Crippen molar-refractivity contribution in [3.8, 4) is 0 Å². The molecule has 0 atom stereocenters. The Balaban J connectivity index is 4.46. The van der Waals surface area contributed by atoms with Crippen molar-refractivity contribution in [1.29, 1.82) is 0 Å². The van der Waals surface area contributed by atoms with Crippen molar-refractivity contribution in [2.45, 2.75) is 13.8 Å². The van der Waals surface area contributed by atoms with E-state index in [9.17, 15) is 4.79 Å². The summed E-state index contributed by atoms with van der Waals surface area (Å²) in [7, 11) is 3.06. The van der Waals surface area contributed by atoms with E-state index in [0.29, 0.717) is 17.3 Å². The summed E-state index contributed by atoms with van der Waals surface area (Å²) in [5, 5.41) is 2.66. The minimum Gasteiger partial charge on any atom is -0.483 e. The molecule has 0 aromatic heterocycles. The van der Waals surface area contributed by atoms with Crippen LogP contribution < -0.4 is 5.32 Å². The van der Waals surface area contributed by atoms with Crippen molar-refractivity contribution in [3.05, 3.63) is 24.4 Å². The van der Waals surface area contributed by atoms with Gasteiger partial charge in [-0.05, 0) is 19.9 Å². The molecule has 17 heavy (non-hydrogen) atoms. The first-order chi connectivity index (χ1) is 8.04. The second-order valence-corrected chi connectivity index (χ2v) is 3.24. The van der Waals surface area contributed by atoms with E-state index < -0.39 is 0 Å². The lowest BCUT2D eigenvalue weighted by molar-refractivity contribution is -0.114. The molecule has 1 amide bonds. The second kappa shape index (κ2) is 8.27. The molecule has 0 aromatic rings. The minimum atomic E-state index is -0.267. The lowest BCUT2D eigenvalue weighted by atomic mass is 10.3. The molecule has 1 N–H and O–H groups in total. The Labute approximate surface area is 102 Å². The van der Waals surface area contributed by atoms with Gasteiger partial charge in [-0.2, -0.15) is 0 Å². The quantitative estimate of drug-likeness (QED) is 0.579. The summed E-state index contributed by atoms with van der Waals surface area (Å²) in [5.41, 5.74) is 0.979. The Bertz CT molecular complexity index is 368. The summed E-state index contributed by atoms with van der Waals surface area (Å²) in [6.07, 6.45) is 3.39. The van der Waals surface area contributed by atoms with Crippen molar-refractivity contribution < 1.29 is 9.53 Å². The number of nitrogens with zero attached hydrogens (tertiary/aromatic N) is 2. The molecule has 0 fully saturated rings. The predicted molar refractivity (Wildman–Crippen MR) is 70.4 cm³/mol. The molecule has 0 saturated carbocycles. The summed E-state index contributed by atoms with van der Waals surface area (Å²) in [4.78, 5) is 19.5. The molecule has 0 saturated heterocycles. The maximum absolute atomic E-state index is 11.6. The predicted octanol–water partition coefficient (Wildman–Crippen LogP) is 1.33. The highest BCUT2D eigenvalue weighted by atomic mass is 16.5. The van der Waals surface area contributed by atoms with Crippen LogP contribution in [-0.2, 0) is 9.53 Å². The Morgan fingerprint density at radius 3 is 2.59 bits per heavy atom. The normalized spacial score (nSPS) is 12.7. The van der Waals surface area contributed by atoms with Gasteiger partial charge in [-0.15, -0.1) is 0 Å². The van der Waals surface area contributed by atoms with E-state index in [1.54, 1.807) is 26.1 Å². The number of ether oxygens (including phenoxy) is 1. The summed E-state index contributed by atoms with van der Waals surface area (Å²) in [6.45, 7) is 7.41. The zero-order chi connectivity index (χ0) is 13.3. The third-order valence-electron chi connectivity index (χ3n) is 1.75. The fourth-order valence-corrected chi connectivity index (χ4v) is 1.03. The molecule has 0 unspecified atom stereocenters. The second-order valence-electron chi connectivity index (χ2n) is 3.24. The Morgan fingerprint density at radius 2 is 2.18 bits per heavy atom. The monoisotopic (exact) mass is 237 g/mol. The highest BCUT2D eigenvalue weighted by Gasteiger charge is 2.08. The van der Waals surface area contributed by atoms with E-state index in [-0.39, 0.29) is 12.5 Å². The number of aliphatic imine (C=N–C) groups is 2. The maximum Gasteiger partial charge on any atom is 0.269 e. The fourth-order valence-electron chi connectivity index (χ4n) is 1.03. The van der Waals surface area contributed by atoms with Crippen LogP contribution in [0.5, 0.6) is 0 Å². The van der Waals surface area contributed by atoms with Crippen molar-refractivity contribution in [3.63, 3.8) is 0 Å². The molecule has 0 aliphatic carbocycles. The molecule has 0 bridgehead atoms. The average molecular weight is 237 g/mol. The number of hydrogen-bond donors (Lipinski definition) is 1.